The Morgan fingerprint density at radius 2 is 1.93 bits per heavy atom. The molecule has 1 aromatic rings. The zero-order valence-electron chi connectivity index (χ0n) is 9.29. The Kier molecular flexibility index (Phi) is 2.49. The lowest BCUT2D eigenvalue weighted by Crippen LogP contribution is -2.19. The number of hydrogen-bond donors (Lipinski definition) is 0. The van der Waals surface area contributed by atoms with Gasteiger partial charge in [-0.15, -0.1) is 0 Å². The summed E-state index contributed by atoms with van der Waals surface area (Å²) in [5, 5.41) is 0. The highest BCUT2D eigenvalue weighted by Crippen LogP contribution is 2.35. The molecule has 0 spiro atoms. The van der Waals surface area contributed by atoms with Gasteiger partial charge < -0.3 is 4.74 Å². The standard InChI is InChI=1S/C14H16O/c1-11-10-15-14(2,3)13(11)9-12-7-5-4-6-8-12/h4-9H,1,10H2,2-3H3/b13-9-. The van der Waals surface area contributed by atoms with E-state index in [2.05, 4.69) is 38.6 Å². The molecule has 1 saturated heterocycles. The van der Waals surface area contributed by atoms with Crippen molar-refractivity contribution in [2.24, 2.45) is 0 Å². The molecule has 0 aromatic heterocycles. The molecule has 0 bridgehead atoms. The fourth-order valence-corrected chi connectivity index (χ4v) is 1.84. The summed E-state index contributed by atoms with van der Waals surface area (Å²) in [4.78, 5) is 0. The smallest absolute Gasteiger partial charge is 0.0883 e. The van der Waals surface area contributed by atoms with Gasteiger partial charge in [-0.05, 0) is 36.6 Å². The minimum absolute atomic E-state index is 0.201. The van der Waals surface area contributed by atoms with E-state index in [-0.39, 0.29) is 5.60 Å². The third-order valence-electron chi connectivity index (χ3n) is 2.75. The Bertz CT molecular complexity index is 399. The second-order valence-corrected chi connectivity index (χ2v) is 4.37. The quantitative estimate of drug-likeness (QED) is 0.674. The van der Waals surface area contributed by atoms with Crippen molar-refractivity contribution in [3.8, 4) is 0 Å². The normalized spacial score (nSPS) is 22.3. The Morgan fingerprint density at radius 3 is 2.47 bits per heavy atom. The van der Waals surface area contributed by atoms with Crippen molar-refractivity contribution in [1.82, 2.24) is 0 Å². The molecule has 1 aliphatic rings. The second kappa shape index (κ2) is 3.67. The molecule has 0 N–H and O–H groups in total. The minimum Gasteiger partial charge on any atom is -0.366 e. The molecule has 1 nitrogen and oxygen atoms in total. The molecule has 1 heterocycles. The number of benzene rings is 1. The molecule has 0 aliphatic carbocycles. The topological polar surface area (TPSA) is 9.23 Å². The molecular formula is C14H16O. The lowest BCUT2D eigenvalue weighted by atomic mass is 9.93. The monoisotopic (exact) mass is 200 g/mol. The Hall–Kier alpha value is -1.34. The molecule has 15 heavy (non-hydrogen) atoms. The summed E-state index contributed by atoms with van der Waals surface area (Å²) in [5.74, 6) is 0. The molecular weight excluding hydrogens is 184 g/mol. The van der Waals surface area contributed by atoms with Gasteiger partial charge in [0.25, 0.3) is 0 Å². The zero-order valence-corrected chi connectivity index (χ0v) is 9.29. The SMILES string of the molecule is C=C1COC(C)(C)/C1=C\c1ccccc1. The van der Waals surface area contributed by atoms with Crippen molar-refractivity contribution in [2.75, 3.05) is 6.61 Å². The van der Waals surface area contributed by atoms with Crippen LogP contribution in [-0.4, -0.2) is 12.2 Å². The van der Waals surface area contributed by atoms with Gasteiger partial charge in [-0.25, -0.2) is 0 Å². The van der Waals surface area contributed by atoms with Crippen LogP contribution >= 0.6 is 0 Å². The molecule has 0 saturated carbocycles. The maximum absolute atomic E-state index is 5.67. The first-order valence-corrected chi connectivity index (χ1v) is 5.19. The Morgan fingerprint density at radius 1 is 1.27 bits per heavy atom. The van der Waals surface area contributed by atoms with Crippen LogP contribution in [0.15, 0.2) is 48.1 Å². The summed E-state index contributed by atoms with van der Waals surface area (Å²) < 4.78 is 5.67. The third-order valence-corrected chi connectivity index (χ3v) is 2.75. The lowest BCUT2D eigenvalue weighted by Gasteiger charge is -2.18. The Labute approximate surface area is 91.1 Å². The van der Waals surface area contributed by atoms with E-state index in [9.17, 15) is 0 Å². The van der Waals surface area contributed by atoms with E-state index in [1.807, 2.05) is 18.2 Å². The van der Waals surface area contributed by atoms with Crippen LogP contribution in [0.25, 0.3) is 6.08 Å². The molecule has 0 unspecified atom stereocenters. The van der Waals surface area contributed by atoms with Gasteiger partial charge in [0, 0.05) is 0 Å². The summed E-state index contributed by atoms with van der Waals surface area (Å²) in [7, 11) is 0. The first-order valence-electron chi connectivity index (χ1n) is 5.19. The van der Waals surface area contributed by atoms with Gasteiger partial charge in [-0.2, -0.15) is 0 Å². The van der Waals surface area contributed by atoms with E-state index < -0.39 is 0 Å². The minimum atomic E-state index is -0.201. The molecule has 1 heteroatoms. The van der Waals surface area contributed by atoms with Crippen LogP contribution in [-0.2, 0) is 4.74 Å². The van der Waals surface area contributed by atoms with Crippen LogP contribution in [0.5, 0.6) is 0 Å². The Balaban J connectivity index is 2.38. The molecule has 78 valence electrons. The number of rotatable bonds is 1. The van der Waals surface area contributed by atoms with Crippen molar-refractivity contribution >= 4 is 6.08 Å². The summed E-state index contributed by atoms with van der Waals surface area (Å²) in [6.07, 6.45) is 2.16. The van der Waals surface area contributed by atoms with E-state index in [0.717, 1.165) is 5.57 Å². The maximum Gasteiger partial charge on any atom is 0.0883 e. The van der Waals surface area contributed by atoms with Gasteiger partial charge in [0.1, 0.15) is 0 Å². The second-order valence-electron chi connectivity index (χ2n) is 4.37. The van der Waals surface area contributed by atoms with Crippen LogP contribution in [0, 0.1) is 0 Å². The third kappa shape index (κ3) is 2.02. The van der Waals surface area contributed by atoms with Gasteiger partial charge in [-0.1, -0.05) is 36.9 Å². The van der Waals surface area contributed by atoms with Crippen LogP contribution < -0.4 is 0 Å². The van der Waals surface area contributed by atoms with Crippen LogP contribution in [0.2, 0.25) is 0 Å². The first-order chi connectivity index (χ1) is 7.09. The van der Waals surface area contributed by atoms with Crippen molar-refractivity contribution in [3.63, 3.8) is 0 Å². The summed E-state index contributed by atoms with van der Waals surface area (Å²) in [6, 6.07) is 10.3. The molecule has 0 amide bonds. The predicted octanol–water partition coefficient (Wildman–Crippen LogP) is 3.44. The van der Waals surface area contributed by atoms with Gasteiger partial charge in [-0.3, -0.25) is 0 Å². The van der Waals surface area contributed by atoms with Gasteiger partial charge in [0.05, 0.1) is 12.2 Å². The molecule has 1 aliphatic heterocycles. The molecule has 0 radical (unpaired) electrons. The van der Waals surface area contributed by atoms with E-state index in [4.69, 9.17) is 4.74 Å². The number of ether oxygens (including phenoxy) is 1. The van der Waals surface area contributed by atoms with Crippen molar-refractivity contribution in [3.05, 3.63) is 53.6 Å². The number of hydrogen-bond acceptors (Lipinski definition) is 1. The maximum atomic E-state index is 5.67. The van der Waals surface area contributed by atoms with Crippen molar-refractivity contribution in [2.45, 2.75) is 19.4 Å². The molecule has 1 fully saturated rings. The van der Waals surface area contributed by atoms with E-state index >= 15 is 0 Å². The van der Waals surface area contributed by atoms with Crippen molar-refractivity contribution < 1.29 is 4.74 Å². The zero-order chi connectivity index (χ0) is 10.9. The summed E-state index contributed by atoms with van der Waals surface area (Å²) in [5.41, 5.74) is 3.29. The largest absolute Gasteiger partial charge is 0.366 e. The van der Waals surface area contributed by atoms with Gasteiger partial charge in [0.2, 0.25) is 0 Å². The molecule has 2 rings (SSSR count). The highest BCUT2D eigenvalue weighted by atomic mass is 16.5. The summed E-state index contributed by atoms with van der Waals surface area (Å²) in [6.45, 7) is 8.85. The van der Waals surface area contributed by atoms with Crippen LogP contribution in [0.3, 0.4) is 0 Å². The fraction of sp³-hybridized carbons (Fsp3) is 0.286. The fourth-order valence-electron chi connectivity index (χ4n) is 1.84. The van der Waals surface area contributed by atoms with E-state index in [1.54, 1.807) is 0 Å². The van der Waals surface area contributed by atoms with Crippen LogP contribution in [0.4, 0.5) is 0 Å². The molecule has 0 atom stereocenters. The van der Waals surface area contributed by atoms with Crippen LogP contribution in [0.1, 0.15) is 19.4 Å². The summed E-state index contributed by atoms with van der Waals surface area (Å²) >= 11 is 0. The average Bonchev–Trinajstić information content (AvgIpc) is 2.47. The highest BCUT2D eigenvalue weighted by molar-refractivity contribution is 5.62. The first kappa shape index (κ1) is 10.2. The van der Waals surface area contributed by atoms with E-state index in [1.165, 1.54) is 11.1 Å². The lowest BCUT2D eigenvalue weighted by molar-refractivity contribution is 0.0592. The van der Waals surface area contributed by atoms with Crippen molar-refractivity contribution in [1.29, 1.82) is 0 Å². The highest BCUT2D eigenvalue weighted by Gasteiger charge is 2.32. The van der Waals surface area contributed by atoms with E-state index in [0.29, 0.717) is 6.61 Å². The average molecular weight is 200 g/mol. The molecule has 1 aromatic carbocycles. The van der Waals surface area contributed by atoms with Gasteiger partial charge >= 0.3 is 0 Å². The predicted molar refractivity (Wildman–Crippen MR) is 63.6 cm³/mol. The van der Waals surface area contributed by atoms with Gasteiger partial charge in [0.15, 0.2) is 0 Å².